The van der Waals surface area contributed by atoms with E-state index in [0.717, 1.165) is 15.4 Å². The summed E-state index contributed by atoms with van der Waals surface area (Å²) in [4.78, 5) is 10.7. The standard InChI is InChI=1S/C8H7ClN2S2/c1-4-3-5-6(9)10-8(12-2)11-7(5)13-4/h3H,1-2H3. The van der Waals surface area contributed by atoms with Crippen molar-refractivity contribution >= 4 is 44.9 Å². The third kappa shape index (κ3) is 1.66. The Kier molecular flexibility index (Phi) is 2.45. The molecule has 2 heterocycles. The van der Waals surface area contributed by atoms with E-state index in [2.05, 4.69) is 9.97 Å². The number of thioether (sulfide) groups is 1. The summed E-state index contributed by atoms with van der Waals surface area (Å²) in [6.07, 6.45) is 1.94. The minimum absolute atomic E-state index is 0.554. The van der Waals surface area contributed by atoms with Gasteiger partial charge in [0.25, 0.3) is 0 Å². The molecule has 0 aliphatic heterocycles. The molecule has 0 saturated heterocycles. The number of aromatic nitrogens is 2. The largest absolute Gasteiger partial charge is 0.211 e. The van der Waals surface area contributed by atoms with E-state index in [1.165, 1.54) is 16.6 Å². The second-order valence-electron chi connectivity index (χ2n) is 2.58. The van der Waals surface area contributed by atoms with Crippen molar-refractivity contribution in [2.75, 3.05) is 6.26 Å². The Labute approximate surface area is 89.3 Å². The maximum absolute atomic E-state index is 6.00. The van der Waals surface area contributed by atoms with Gasteiger partial charge in [0.05, 0.1) is 0 Å². The minimum atomic E-state index is 0.554. The van der Waals surface area contributed by atoms with Gasteiger partial charge in [-0.1, -0.05) is 23.4 Å². The van der Waals surface area contributed by atoms with E-state index >= 15 is 0 Å². The Balaban J connectivity index is 2.75. The van der Waals surface area contributed by atoms with Crippen molar-refractivity contribution in [1.29, 1.82) is 0 Å². The highest BCUT2D eigenvalue weighted by Gasteiger charge is 2.07. The van der Waals surface area contributed by atoms with E-state index in [1.54, 1.807) is 11.3 Å². The summed E-state index contributed by atoms with van der Waals surface area (Å²) < 4.78 is 0. The molecule has 0 spiro atoms. The average Bonchev–Trinajstić information content (AvgIpc) is 2.46. The number of rotatable bonds is 1. The Morgan fingerprint density at radius 1 is 1.46 bits per heavy atom. The van der Waals surface area contributed by atoms with Crippen LogP contribution in [0.25, 0.3) is 10.2 Å². The minimum Gasteiger partial charge on any atom is -0.211 e. The molecule has 2 rings (SSSR count). The molecule has 5 heteroatoms. The fourth-order valence-electron chi connectivity index (χ4n) is 1.08. The second kappa shape index (κ2) is 3.44. The Hall–Kier alpha value is -0.320. The summed E-state index contributed by atoms with van der Waals surface area (Å²) in [5.41, 5.74) is 0. The molecule has 2 aromatic rings. The van der Waals surface area contributed by atoms with Crippen molar-refractivity contribution in [3.05, 3.63) is 16.1 Å². The molecule has 0 saturated carbocycles. The van der Waals surface area contributed by atoms with Gasteiger partial charge in [0.1, 0.15) is 9.98 Å². The molecule has 0 N–H and O–H groups in total. The lowest BCUT2D eigenvalue weighted by Gasteiger charge is -1.95. The first-order valence-electron chi connectivity index (χ1n) is 3.68. The molecule has 0 unspecified atom stereocenters. The van der Waals surface area contributed by atoms with Crippen LogP contribution in [-0.4, -0.2) is 16.2 Å². The van der Waals surface area contributed by atoms with E-state index < -0.39 is 0 Å². The first-order valence-corrected chi connectivity index (χ1v) is 6.10. The number of fused-ring (bicyclic) bond motifs is 1. The normalized spacial score (nSPS) is 11.0. The fourth-order valence-corrected chi connectivity index (χ4v) is 2.71. The molecule has 68 valence electrons. The predicted molar refractivity (Wildman–Crippen MR) is 58.9 cm³/mol. The maximum Gasteiger partial charge on any atom is 0.190 e. The number of nitrogens with zero attached hydrogens (tertiary/aromatic N) is 2. The maximum atomic E-state index is 6.00. The lowest BCUT2D eigenvalue weighted by Crippen LogP contribution is -1.85. The summed E-state index contributed by atoms with van der Waals surface area (Å²) in [5.74, 6) is 0. The van der Waals surface area contributed by atoms with Crippen LogP contribution in [0.5, 0.6) is 0 Å². The number of hydrogen-bond donors (Lipinski definition) is 0. The lowest BCUT2D eigenvalue weighted by molar-refractivity contribution is 1.01. The molecule has 0 amide bonds. The van der Waals surface area contributed by atoms with Crippen LogP contribution in [0.2, 0.25) is 5.15 Å². The van der Waals surface area contributed by atoms with Crippen LogP contribution >= 0.6 is 34.7 Å². The summed E-state index contributed by atoms with van der Waals surface area (Å²) in [7, 11) is 0. The quantitative estimate of drug-likeness (QED) is 0.427. The van der Waals surface area contributed by atoms with Crippen molar-refractivity contribution in [3.8, 4) is 0 Å². The molecule has 0 radical (unpaired) electrons. The van der Waals surface area contributed by atoms with Crippen molar-refractivity contribution in [1.82, 2.24) is 9.97 Å². The smallest absolute Gasteiger partial charge is 0.190 e. The highest BCUT2D eigenvalue weighted by Crippen LogP contribution is 2.29. The van der Waals surface area contributed by atoms with E-state index in [-0.39, 0.29) is 0 Å². The van der Waals surface area contributed by atoms with Gasteiger partial charge < -0.3 is 0 Å². The van der Waals surface area contributed by atoms with Crippen LogP contribution in [0.3, 0.4) is 0 Å². The summed E-state index contributed by atoms with van der Waals surface area (Å²) >= 11 is 9.15. The third-order valence-electron chi connectivity index (χ3n) is 1.63. The van der Waals surface area contributed by atoms with Crippen LogP contribution in [0.4, 0.5) is 0 Å². The zero-order valence-electron chi connectivity index (χ0n) is 7.17. The summed E-state index contributed by atoms with van der Waals surface area (Å²) in [6, 6.07) is 2.02. The highest BCUT2D eigenvalue weighted by atomic mass is 35.5. The van der Waals surface area contributed by atoms with Gasteiger partial charge >= 0.3 is 0 Å². The Morgan fingerprint density at radius 2 is 2.23 bits per heavy atom. The number of halogens is 1. The van der Waals surface area contributed by atoms with Crippen molar-refractivity contribution in [2.24, 2.45) is 0 Å². The van der Waals surface area contributed by atoms with Gasteiger partial charge in [-0.25, -0.2) is 9.97 Å². The van der Waals surface area contributed by atoms with E-state index in [0.29, 0.717) is 5.15 Å². The van der Waals surface area contributed by atoms with Crippen LogP contribution in [0, 0.1) is 6.92 Å². The molecule has 2 nitrogen and oxygen atoms in total. The molecule has 0 bridgehead atoms. The van der Waals surface area contributed by atoms with Gasteiger partial charge in [0, 0.05) is 10.3 Å². The van der Waals surface area contributed by atoms with Crippen LogP contribution in [0.15, 0.2) is 11.2 Å². The van der Waals surface area contributed by atoms with Crippen LogP contribution in [-0.2, 0) is 0 Å². The van der Waals surface area contributed by atoms with Gasteiger partial charge in [-0.05, 0) is 19.2 Å². The van der Waals surface area contributed by atoms with Crippen LogP contribution in [0.1, 0.15) is 4.88 Å². The van der Waals surface area contributed by atoms with Gasteiger partial charge in [-0.15, -0.1) is 11.3 Å². The van der Waals surface area contributed by atoms with Crippen molar-refractivity contribution in [3.63, 3.8) is 0 Å². The molecule has 0 aliphatic carbocycles. The topological polar surface area (TPSA) is 25.8 Å². The van der Waals surface area contributed by atoms with E-state index in [4.69, 9.17) is 11.6 Å². The number of hydrogen-bond acceptors (Lipinski definition) is 4. The van der Waals surface area contributed by atoms with Gasteiger partial charge in [-0.2, -0.15) is 0 Å². The van der Waals surface area contributed by atoms with Crippen LogP contribution < -0.4 is 0 Å². The molecular weight excluding hydrogens is 224 g/mol. The molecule has 0 aliphatic rings. The van der Waals surface area contributed by atoms with Gasteiger partial charge in [0.2, 0.25) is 0 Å². The SMILES string of the molecule is CSc1nc(Cl)c2cc(C)sc2n1. The Bertz CT molecular complexity index is 453. The van der Waals surface area contributed by atoms with Crippen molar-refractivity contribution in [2.45, 2.75) is 12.1 Å². The van der Waals surface area contributed by atoms with Gasteiger partial charge in [0.15, 0.2) is 5.16 Å². The molecule has 0 aromatic carbocycles. The number of aryl methyl sites for hydroxylation is 1. The first-order chi connectivity index (χ1) is 6.20. The molecule has 0 atom stereocenters. The zero-order chi connectivity index (χ0) is 9.42. The highest BCUT2D eigenvalue weighted by molar-refractivity contribution is 7.98. The van der Waals surface area contributed by atoms with Crippen molar-refractivity contribution < 1.29 is 0 Å². The summed E-state index contributed by atoms with van der Waals surface area (Å²) in [6.45, 7) is 2.04. The monoisotopic (exact) mass is 230 g/mol. The fraction of sp³-hybridized carbons (Fsp3) is 0.250. The summed E-state index contributed by atoms with van der Waals surface area (Å²) in [5, 5.41) is 2.25. The molecule has 0 fully saturated rings. The van der Waals surface area contributed by atoms with E-state index in [9.17, 15) is 0 Å². The Morgan fingerprint density at radius 3 is 2.92 bits per heavy atom. The third-order valence-corrected chi connectivity index (χ3v) is 3.41. The average molecular weight is 231 g/mol. The lowest BCUT2D eigenvalue weighted by atomic mass is 10.4. The zero-order valence-corrected chi connectivity index (χ0v) is 9.56. The molecule has 13 heavy (non-hydrogen) atoms. The number of thiophene rings is 1. The first kappa shape index (κ1) is 9.24. The molecule has 2 aromatic heterocycles. The molecular formula is C8H7ClN2S2. The second-order valence-corrected chi connectivity index (χ2v) is 4.94. The van der Waals surface area contributed by atoms with E-state index in [1.807, 2.05) is 19.2 Å². The predicted octanol–water partition coefficient (Wildman–Crippen LogP) is 3.38. The van der Waals surface area contributed by atoms with Gasteiger partial charge in [-0.3, -0.25) is 0 Å².